The summed E-state index contributed by atoms with van der Waals surface area (Å²) in [5.74, 6) is -0.0107. The zero-order valence-electron chi connectivity index (χ0n) is 12.8. The Hall–Kier alpha value is -2.36. The number of rotatable bonds is 3. The van der Waals surface area contributed by atoms with Crippen LogP contribution >= 0.6 is 0 Å². The number of fused-ring (bicyclic) bond motifs is 1. The molecule has 2 amide bonds. The maximum Gasteiger partial charge on any atom is 0.416 e. The van der Waals surface area contributed by atoms with Crippen LogP contribution in [0.4, 0.5) is 4.79 Å². The molecular weight excluding hydrogens is 278 g/mol. The SMILES string of the molecule is CC(C)C1COC(=O)N1C(=O)Cc1ccc2ccccc2c1. The van der Waals surface area contributed by atoms with E-state index in [0.717, 1.165) is 16.3 Å². The highest BCUT2D eigenvalue weighted by atomic mass is 16.6. The van der Waals surface area contributed by atoms with Crippen LogP contribution in [0.15, 0.2) is 42.5 Å². The van der Waals surface area contributed by atoms with Crippen LogP contribution in [-0.4, -0.2) is 29.5 Å². The molecule has 1 unspecified atom stereocenters. The first-order valence-corrected chi connectivity index (χ1v) is 7.53. The fraction of sp³-hybridized carbons (Fsp3) is 0.333. The third-order valence-electron chi connectivity index (χ3n) is 4.11. The van der Waals surface area contributed by atoms with Crippen molar-refractivity contribution in [3.8, 4) is 0 Å². The van der Waals surface area contributed by atoms with Gasteiger partial charge in [-0.3, -0.25) is 4.79 Å². The average molecular weight is 297 g/mol. The Bertz CT molecular complexity index is 723. The average Bonchev–Trinajstić information content (AvgIpc) is 2.89. The predicted octanol–water partition coefficient (Wildman–Crippen LogP) is 3.39. The van der Waals surface area contributed by atoms with Gasteiger partial charge in [0.15, 0.2) is 0 Å². The molecule has 0 N–H and O–H groups in total. The second-order valence-electron chi connectivity index (χ2n) is 6.01. The molecule has 0 aromatic heterocycles. The summed E-state index contributed by atoms with van der Waals surface area (Å²) < 4.78 is 5.03. The Labute approximate surface area is 129 Å². The monoisotopic (exact) mass is 297 g/mol. The molecule has 3 rings (SSSR count). The smallest absolute Gasteiger partial charge is 0.416 e. The number of nitrogens with zero attached hydrogens (tertiary/aromatic N) is 1. The maximum atomic E-state index is 12.5. The number of carbonyl (C=O) groups is 2. The quantitative estimate of drug-likeness (QED) is 0.872. The van der Waals surface area contributed by atoms with Crippen LogP contribution in [-0.2, 0) is 16.0 Å². The van der Waals surface area contributed by atoms with Gasteiger partial charge in [-0.2, -0.15) is 0 Å². The van der Waals surface area contributed by atoms with Crippen LogP contribution < -0.4 is 0 Å². The van der Waals surface area contributed by atoms with Gasteiger partial charge in [0.25, 0.3) is 0 Å². The van der Waals surface area contributed by atoms with Crippen LogP contribution in [0, 0.1) is 5.92 Å². The number of ether oxygens (including phenoxy) is 1. The normalized spacial score (nSPS) is 18.0. The lowest BCUT2D eigenvalue weighted by atomic mass is 10.0. The minimum atomic E-state index is -0.524. The van der Waals surface area contributed by atoms with Crippen molar-refractivity contribution in [2.75, 3.05) is 6.61 Å². The lowest BCUT2D eigenvalue weighted by Crippen LogP contribution is -2.42. The van der Waals surface area contributed by atoms with Gasteiger partial charge in [-0.15, -0.1) is 0 Å². The summed E-state index contributed by atoms with van der Waals surface area (Å²) in [6, 6.07) is 13.8. The van der Waals surface area contributed by atoms with Crippen molar-refractivity contribution in [3.05, 3.63) is 48.0 Å². The fourth-order valence-electron chi connectivity index (χ4n) is 2.82. The Morgan fingerprint density at radius 3 is 2.68 bits per heavy atom. The number of cyclic esters (lactones) is 1. The van der Waals surface area contributed by atoms with E-state index in [1.807, 2.05) is 56.3 Å². The van der Waals surface area contributed by atoms with Gasteiger partial charge in [0.05, 0.1) is 12.5 Å². The standard InChI is InChI=1S/C18H19NO3/c1-12(2)16-11-22-18(21)19(16)17(20)10-13-7-8-14-5-3-4-6-15(14)9-13/h3-9,12,16H,10-11H2,1-2H3. The largest absolute Gasteiger partial charge is 0.447 e. The lowest BCUT2D eigenvalue weighted by Gasteiger charge is -2.22. The summed E-state index contributed by atoms with van der Waals surface area (Å²) in [6.45, 7) is 4.27. The van der Waals surface area contributed by atoms with E-state index in [-0.39, 0.29) is 24.3 Å². The molecule has 1 aliphatic rings. The summed E-state index contributed by atoms with van der Waals surface area (Å²) in [6.07, 6.45) is -0.312. The van der Waals surface area contributed by atoms with Gasteiger partial charge >= 0.3 is 6.09 Å². The van der Waals surface area contributed by atoms with Gasteiger partial charge in [0, 0.05) is 0 Å². The van der Waals surface area contributed by atoms with Gasteiger partial charge in [-0.25, -0.2) is 9.69 Å². The van der Waals surface area contributed by atoms with Crippen LogP contribution in [0.1, 0.15) is 19.4 Å². The van der Waals surface area contributed by atoms with Crippen molar-refractivity contribution in [3.63, 3.8) is 0 Å². The second-order valence-corrected chi connectivity index (χ2v) is 6.01. The molecule has 4 nitrogen and oxygen atoms in total. The molecule has 22 heavy (non-hydrogen) atoms. The number of imide groups is 1. The maximum absolute atomic E-state index is 12.5. The van der Waals surface area contributed by atoms with Crippen LogP contribution in [0.5, 0.6) is 0 Å². The van der Waals surface area contributed by atoms with Crippen molar-refractivity contribution in [1.29, 1.82) is 0 Å². The Balaban J connectivity index is 1.81. The molecule has 114 valence electrons. The molecule has 2 aromatic carbocycles. The van der Waals surface area contributed by atoms with E-state index in [2.05, 4.69) is 0 Å². The highest BCUT2D eigenvalue weighted by Crippen LogP contribution is 2.22. The molecule has 0 bridgehead atoms. The first kappa shape index (κ1) is 14.6. The third-order valence-corrected chi connectivity index (χ3v) is 4.11. The van der Waals surface area contributed by atoms with Gasteiger partial charge in [-0.05, 0) is 22.3 Å². The van der Waals surface area contributed by atoms with E-state index < -0.39 is 6.09 Å². The van der Waals surface area contributed by atoms with Gasteiger partial charge in [-0.1, -0.05) is 56.3 Å². The molecule has 0 aliphatic carbocycles. The minimum absolute atomic E-state index is 0.166. The van der Waals surface area contributed by atoms with Crippen LogP contribution in [0.25, 0.3) is 10.8 Å². The molecule has 0 spiro atoms. The molecule has 1 fully saturated rings. The Kier molecular flexibility index (Phi) is 3.84. The van der Waals surface area contributed by atoms with E-state index in [9.17, 15) is 9.59 Å². The fourth-order valence-corrected chi connectivity index (χ4v) is 2.82. The molecule has 0 radical (unpaired) electrons. The first-order chi connectivity index (χ1) is 10.6. The summed E-state index contributed by atoms with van der Waals surface area (Å²) in [5.41, 5.74) is 0.908. The Morgan fingerprint density at radius 2 is 1.95 bits per heavy atom. The highest BCUT2D eigenvalue weighted by Gasteiger charge is 2.39. The molecule has 4 heteroatoms. The summed E-state index contributed by atoms with van der Waals surface area (Å²) >= 11 is 0. The minimum Gasteiger partial charge on any atom is -0.447 e. The first-order valence-electron chi connectivity index (χ1n) is 7.53. The van der Waals surface area contributed by atoms with Gasteiger partial charge in [0.2, 0.25) is 5.91 Å². The number of benzene rings is 2. The van der Waals surface area contributed by atoms with Crippen molar-refractivity contribution >= 4 is 22.8 Å². The highest BCUT2D eigenvalue weighted by molar-refractivity contribution is 5.95. The number of carbonyl (C=O) groups excluding carboxylic acids is 2. The number of hydrogen-bond acceptors (Lipinski definition) is 3. The molecular formula is C18H19NO3. The van der Waals surface area contributed by atoms with Crippen molar-refractivity contribution < 1.29 is 14.3 Å². The van der Waals surface area contributed by atoms with Crippen LogP contribution in [0.2, 0.25) is 0 Å². The lowest BCUT2D eigenvalue weighted by molar-refractivity contribution is -0.129. The van der Waals surface area contributed by atoms with Gasteiger partial charge in [0.1, 0.15) is 6.61 Å². The Morgan fingerprint density at radius 1 is 1.23 bits per heavy atom. The molecule has 1 atom stereocenters. The molecule has 1 heterocycles. The predicted molar refractivity (Wildman–Crippen MR) is 84.5 cm³/mol. The third kappa shape index (κ3) is 2.69. The van der Waals surface area contributed by atoms with E-state index in [1.165, 1.54) is 4.90 Å². The van der Waals surface area contributed by atoms with Crippen molar-refractivity contribution in [2.24, 2.45) is 5.92 Å². The van der Waals surface area contributed by atoms with E-state index >= 15 is 0 Å². The topological polar surface area (TPSA) is 46.6 Å². The zero-order valence-corrected chi connectivity index (χ0v) is 12.8. The zero-order chi connectivity index (χ0) is 15.7. The summed E-state index contributed by atoms with van der Waals surface area (Å²) in [4.78, 5) is 25.6. The van der Waals surface area contributed by atoms with Crippen molar-refractivity contribution in [1.82, 2.24) is 4.90 Å². The number of hydrogen-bond donors (Lipinski definition) is 0. The number of amides is 2. The molecule has 0 saturated carbocycles. The van der Waals surface area contributed by atoms with Crippen molar-refractivity contribution in [2.45, 2.75) is 26.3 Å². The molecule has 1 saturated heterocycles. The van der Waals surface area contributed by atoms with E-state index in [1.54, 1.807) is 0 Å². The van der Waals surface area contributed by atoms with E-state index in [4.69, 9.17) is 4.74 Å². The van der Waals surface area contributed by atoms with Crippen LogP contribution in [0.3, 0.4) is 0 Å². The summed E-state index contributed by atoms with van der Waals surface area (Å²) in [5, 5.41) is 2.23. The molecule has 2 aromatic rings. The summed E-state index contributed by atoms with van der Waals surface area (Å²) in [7, 11) is 0. The second kappa shape index (κ2) is 5.79. The molecule has 1 aliphatic heterocycles. The van der Waals surface area contributed by atoms with Gasteiger partial charge < -0.3 is 4.74 Å². The van der Waals surface area contributed by atoms with E-state index in [0.29, 0.717) is 6.61 Å².